The molecule has 0 unspecified atom stereocenters. The number of nitrogens with one attached hydrogen (secondary N) is 1. The van der Waals surface area contributed by atoms with Crippen LogP contribution in [0, 0.1) is 5.82 Å². The number of aromatic nitrogens is 1. The molecule has 3 rings (SSSR count). The van der Waals surface area contributed by atoms with Gasteiger partial charge in [0, 0.05) is 22.5 Å². The number of amides is 1. The van der Waals surface area contributed by atoms with E-state index < -0.39 is 0 Å². The molecule has 1 amide bonds. The fraction of sp³-hybridized carbons (Fsp3) is 0.0588. The van der Waals surface area contributed by atoms with Crippen LogP contribution in [0.25, 0.3) is 0 Å². The number of carbonyl (C=O) groups is 1. The molecule has 122 valence electrons. The maximum absolute atomic E-state index is 12.9. The molecule has 3 nitrogen and oxygen atoms in total. The van der Waals surface area contributed by atoms with E-state index in [0.29, 0.717) is 22.1 Å². The van der Waals surface area contributed by atoms with Gasteiger partial charge in [0.25, 0.3) is 5.91 Å². The SMILES string of the molecule is O=C(Nc1ncc(Cc2ccc(F)cc2)s1)c1ccc(Cl)cc1Cl. The van der Waals surface area contributed by atoms with Crippen molar-refractivity contribution < 1.29 is 9.18 Å². The molecule has 1 heterocycles. The molecule has 0 saturated carbocycles. The Bertz CT molecular complexity index is 881. The summed E-state index contributed by atoms with van der Waals surface area (Å²) in [5, 5.41) is 3.94. The van der Waals surface area contributed by atoms with Crippen LogP contribution < -0.4 is 5.32 Å². The van der Waals surface area contributed by atoms with Gasteiger partial charge in [0.05, 0.1) is 10.6 Å². The molecule has 1 N–H and O–H groups in total. The summed E-state index contributed by atoms with van der Waals surface area (Å²) >= 11 is 13.2. The largest absolute Gasteiger partial charge is 0.298 e. The molecule has 0 aliphatic heterocycles. The van der Waals surface area contributed by atoms with Crippen molar-refractivity contribution in [2.75, 3.05) is 5.32 Å². The molecule has 7 heteroatoms. The number of benzene rings is 2. The zero-order chi connectivity index (χ0) is 17.1. The Kier molecular flexibility index (Phi) is 5.14. The fourth-order valence-corrected chi connectivity index (χ4v) is 3.42. The first kappa shape index (κ1) is 16.9. The minimum atomic E-state index is -0.348. The quantitative estimate of drug-likeness (QED) is 0.655. The lowest BCUT2D eigenvalue weighted by Gasteiger charge is -2.04. The van der Waals surface area contributed by atoms with Crippen LogP contribution in [0.15, 0.2) is 48.7 Å². The molecular formula is C17H11Cl2FN2OS. The zero-order valence-electron chi connectivity index (χ0n) is 12.2. The molecule has 1 aromatic heterocycles. The number of halogens is 3. The van der Waals surface area contributed by atoms with Gasteiger partial charge in [-0.1, -0.05) is 35.3 Å². The van der Waals surface area contributed by atoms with E-state index in [9.17, 15) is 9.18 Å². The second kappa shape index (κ2) is 7.30. The van der Waals surface area contributed by atoms with Crippen molar-refractivity contribution in [3.63, 3.8) is 0 Å². The van der Waals surface area contributed by atoms with Crippen LogP contribution in [-0.2, 0) is 6.42 Å². The minimum absolute atomic E-state index is 0.268. The van der Waals surface area contributed by atoms with E-state index in [-0.39, 0.29) is 16.7 Å². The van der Waals surface area contributed by atoms with E-state index in [1.165, 1.54) is 29.5 Å². The summed E-state index contributed by atoms with van der Waals surface area (Å²) in [5.74, 6) is -0.616. The molecule has 0 fully saturated rings. The van der Waals surface area contributed by atoms with Gasteiger partial charge in [-0.05, 0) is 35.9 Å². The van der Waals surface area contributed by atoms with E-state index in [2.05, 4.69) is 10.3 Å². The average molecular weight is 381 g/mol. The summed E-state index contributed by atoms with van der Waals surface area (Å²) < 4.78 is 12.9. The molecule has 0 atom stereocenters. The zero-order valence-corrected chi connectivity index (χ0v) is 14.6. The molecule has 0 aliphatic rings. The van der Waals surface area contributed by atoms with Gasteiger partial charge >= 0.3 is 0 Å². The highest BCUT2D eigenvalue weighted by Crippen LogP contribution is 2.25. The standard InChI is InChI=1S/C17H11Cl2FN2OS/c18-11-3-6-14(15(19)8-11)16(23)22-17-21-9-13(24-17)7-10-1-4-12(20)5-2-10/h1-6,8-9H,7H2,(H,21,22,23). The van der Waals surface area contributed by atoms with Crippen LogP contribution in [0.5, 0.6) is 0 Å². The lowest BCUT2D eigenvalue weighted by Crippen LogP contribution is -2.12. The maximum atomic E-state index is 12.9. The number of anilines is 1. The topological polar surface area (TPSA) is 42.0 Å². The Hall–Kier alpha value is -1.95. The van der Waals surface area contributed by atoms with Gasteiger partial charge < -0.3 is 0 Å². The van der Waals surface area contributed by atoms with Gasteiger partial charge in [-0.2, -0.15) is 0 Å². The monoisotopic (exact) mass is 380 g/mol. The van der Waals surface area contributed by atoms with Gasteiger partial charge in [-0.15, -0.1) is 11.3 Å². The lowest BCUT2D eigenvalue weighted by atomic mass is 10.1. The van der Waals surface area contributed by atoms with Gasteiger partial charge in [0.2, 0.25) is 0 Å². The first-order valence-electron chi connectivity index (χ1n) is 6.97. The second-order valence-electron chi connectivity index (χ2n) is 5.01. The Morgan fingerprint density at radius 3 is 2.62 bits per heavy atom. The van der Waals surface area contributed by atoms with Crippen LogP contribution in [-0.4, -0.2) is 10.9 Å². The van der Waals surface area contributed by atoms with Crippen molar-refractivity contribution in [3.05, 3.63) is 80.5 Å². The Morgan fingerprint density at radius 2 is 1.92 bits per heavy atom. The van der Waals surface area contributed by atoms with Crippen molar-refractivity contribution in [1.29, 1.82) is 0 Å². The van der Waals surface area contributed by atoms with Crippen molar-refractivity contribution in [3.8, 4) is 0 Å². The predicted octanol–water partition coefficient (Wildman–Crippen LogP) is 5.43. The van der Waals surface area contributed by atoms with Crippen molar-refractivity contribution in [2.24, 2.45) is 0 Å². The van der Waals surface area contributed by atoms with E-state index in [1.807, 2.05) is 0 Å². The number of hydrogen-bond acceptors (Lipinski definition) is 3. The number of carbonyl (C=O) groups excluding carboxylic acids is 1. The van der Waals surface area contributed by atoms with Crippen LogP contribution in [0.2, 0.25) is 10.0 Å². The van der Waals surface area contributed by atoms with Gasteiger partial charge in [-0.3, -0.25) is 10.1 Å². The summed E-state index contributed by atoms with van der Waals surface area (Å²) in [7, 11) is 0. The summed E-state index contributed by atoms with van der Waals surface area (Å²) in [6, 6.07) is 11.0. The predicted molar refractivity (Wildman–Crippen MR) is 95.7 cm³/mol. The van der Waals surface area contributed by atoms with Crippen molar-refractivity contribution >= 4 is 45.6 Å². The van der Waals surface area contributed by atoms with Gasteiger partial charge in [-0.25, -0.2) is 9.37 Å². The Balaban J connectivity index is 1.69. The molecule has 0 aliphatic carbocycles. The molecule has 0 spiro atoms. The number of rotatable bonds is 4. The van der Waals surface area contributed by atoms with E-state index in [4.69, 9.17) is 23.2 Å². The summed E-state index contributed by atoms with van der Waals surface area (Å²) in [5.41, 5.74) is 1.30. The van der Waals surface area contributed by atoms with Gasteiger partial charge in [0.1, 0.15) is 5.82 Å². The van der Waals surface area contributed by atoms with Crippen molar-refractivity contribution in [2.45, 2.75) is 6.42 Å². The summed E-state index contributed by atoms with van der Waals surface area (Å²) in [4.78, 5) is 17.4. The molecule has 24 heavy (non-hydrogen) atoms. The fourth-order valence-electron chi connectivity index (χ4n) is 2.09. The van der Waals surface area contributed by atoms with E-state index in [0.717, 1.165) is 10.4 Å². The van der Waals surface area contributed by atoms with E-state index in [1.54, 1.807) is 30.5 Å². The first-order chi connectivity index (χ1) is 11.5. The molecule has 3 aromatic rings. The molecular weight excluding hydrogens is 370 g/mol. The normalized spacial score (nSPS) is 10.6. The first-order valence-corrected chi connectivity index (χ1v) is 8.54. The van der Waals surface area contributed by atoms with Crippen molar-refractivity contribution in [1.82, 2.24) is 4.98 Å². The molecule has 0 radical (unpaired) electrons. The third-order valence-corrected chi connectivity index (χ3v) is 4.70. The van der Waals surface area contributed by atoms with Crippen LogP contribution in [0.4, 0.5) is 9.52 Å². The molecule has 2 aromatic carbocycles. The van der Waals surface area contributed by atoms with Crippen LogP contribution in [0.3, 0.4) is 0 Å². The smallest absolute Gasteiger partial charge is 0.258 e. The van der Waals surface area contributed by atoms with Crippen LogP contribution >= 0.6 is 34.5 Å². The Morgan fingerprint density at radius 1 is 1.17 bits per heavy atom. The molecule has 0 bridgehead atoms. The second-order valence-corrected chi connectivity index (χ2v) is 6.97. The van der Waals surface area contributed by atoms with Crippen LogP contribution in [0.1, 0.15) is 20.8 Å². The number of hydrogen-bond donors (Lipinski definition) is 1. The van der Waals surface area contributed by atoms with Gasteiger partial charge in [0.15, 0.2) is 5.13 Å². The number of thiazole rings is 1. The number of nitrogens with zero attached hydrogens (tertiary/aromatic N) is 1. The third-order valence-electron chi connectivity index (χ3n) is 3.24. The highest BCUT2D eigenvalue weighted by Gasteiger charge is 2.13. The minimum Gasteiger partial charge on any atom is -0.298 e. The third kappa shape index (κ3) is 4.12. The molecule has 0 saturated heterocycles. The summed E-state index contributed by atoms with van der Waals surface area (Å²) in [6.45, 7) is 0. The Labute approximate surface area is 152 Å². The maximum Gasteiger partial charge on any atom is 0.258 e. The van der Waals surface area contributed by atoms with E-state index >= 15 is 0 Å². The highest BCUT2D eigenvalue weighted by atomic mass is 35.5. The lowest BCUT2D eigenvalue weighted by molar-refractivity contribution is 0.102. The highest BCUT2D eigenvalue weighted by molar-refractivity contribution is 7.15. The summed E-state index contributed by atoms with van der Waals surface area (Å²) in [6.07, 6.45) is 2.31. The average Bonchev–Trinajstić information content (AvgIpc) is 2.96.